The molecule has 0 saturated heterocycles. The summed E-state index contributed by atoms with van der Waals surface area (Å²) in [7, 11) is 0. The van der Waals surface area contributed by atoms with E-state index >= 15 is 0 Å². The highest BCUT2D eigenvalue weighted by Crippen LogP contribution is 2.25. The van der Waals surface area contributed by atoms with E-state index in [4.69, 9.17) is 9.57 Å². The normalized spacial score (nSPS) is 11.4. The van der Waals surface area contributed by atoms with Crippen LogP contribution in [0, 0.1) is 5.92 Å². The maximum Gasteiger partial charge on any atom is 0.335 e. The lowest BCUT2D eigenvalue weighted by atomic mass is 9.90. The van der Waals surface area contributed by atoms with Crippen molar-refractivity contribution in [1.29, 1.82) is 0 Å². The van der Waals surface area contributed by atoms with Crippen LogP contribution in [0.25, 0.3) is 11.1 Å². The first-order valence-electron chi connectivity index (χ1n) is 12.0. The van der Waals surface area contributed by atoms with Crippen LogP contribution >= 0.6 is 0 Å². The van der Waals surface area contributed by atoms with Gasteiger partial charge in [0.05, 0.1) is 12.2 Å². The minimum Gasteiger partial charge on any atom is -0.481 e. The Morgan fingerprint density at radius 1 is 0.868 bits per heavy atom. The monoisotopic (exact) mass is 519 g/mol. The third-order valence-corrected chi connectivity index (χ3v) is 5.75. The fourth-order valence-electron chi connectivity index (χ4n) is 3.97. The molecule has 0 spiro atoms. The molecule has 0 bridgehead atoms. The molecule has 38 heavy (non-hydrogen) atoms. The van der Waals surface area contributed by atoms with Crippen molar-refractivity contribution < 1.29 is 39.0 Å². The largest absolute Gasteiger partial charge is 0.481 e. The lowest BCUT2D eigenvalue weighted by molar-refractivity contribution is -0.139. The average molecular weight is 520 g/mol. The summed E-state index contributed by atoms with van der Waals surface area (Å²) in [5, 5.41) is 18.6. The molecule has 0 heterocycles. The van der Waals surface area contributed by atoms with Gasteiger partial charge in [0.1, 0.15) is 5.75 Å². The molecule has 3 aromatic rings. The number of aliphatic carboxylic acids is 1. The minimum absolute atomic E-state index is 0.0870. The van der Waals surface area contributed by atoms with Crippen molar-refractivity contribution in [2.75, 3.05) is 0 Å². The van der Waals surface area contributed by atoms with Crippen LogP contribution in [0.1, 0.15) is 47.7 Å². The highest BCUT2D eigenvalue weighted by atomic mass is 16.6. The van der Waals surface area contributed by atoms with E-state index in [1.54, 1.807) is 36.4 Å². The molecule has 3 aromatic carbocycles. The van der Waals surface area contributed by atoms with E-state index in [1.165, 1.54) is 13.0 Å². The van der Waals surface area contributed by atoms with Crippen molar-refractivity contribution in [3.8, 4) is 16.9 Å². The number of benzene rings is 3. The van der Waals surface area contributed by atoms with Gasteiger partial charge in [0.25, 0.3) is 0 Å². The number of carboxylic acids is 2. The van der Waals surface area contributed by atoms with E-state index in [2.05, 4.69) is 5.48 Å². The average Bonchev–Trinajstić information content (AvgIpc) is 2.88. The smallest absolute Gasteiger partial charge is 0.335 e. The van der Waals surface area contributed by atoms with Crippen LogP contribution < -0.4 is 10.2 Å². The molecular formula is C29H29NO8. The summed E-state index contributed by atoms with van der Waals surface area (Å²) in [5.41, 5.74) is 5.79. The lowest BCUT2D eigenvalue weighted by Gasteiger charge is -2.16. The molecule has 1 unspecified atom stereocenters. The van der Waals surface area contributed by atoms with Crippen molar-refractivity contribution in [2.24, 2.45) is 5.92 Å². The van der Waals surface area contributed by atoms with Crippen molar-refractivity contribution in [3.05, 3.63) is 89.5 Å². The van der Waals surface area contributed by atoms with Crippen LogP contribution in [0.4, 0.5) is 0 Å². The molecule has 1 atom stereocenters. The van der Waals surface area contributed by atoms with Gasteiger partial charge >= 0.3 is 17.9 Å². The SMILES string of the molecule is CC(=O)Oc1ccc(CONC(=O)CCC(CC(=O)O)Cc2cccc(-c3cccc(C(=O)O)c3)c2)cc1. The lowest BCUT2D eigenvalue weighted by Crippen LogP contribution is -2.24. The number of ether oxygens (including phenoxy) is 1. The van der Waals surface area contributed by atoms with Crippen molar-refractivity contribution in [1.82, 2.24) is 5.48 Å². The topological polar surface area (TPSA) is 139 Å². The number of amides is 1. The summed E-state index contributed by atoms with van der Waals surface area (Å²) >= 11 is 0. The number of carboxylic acid groups (broad SMARTS) is 2. The fraction of sp³-hybridized carbons (Fsp3) is 0.241. The van der Waals surface area contributed by atoms with Crippen LogP contribution in [-0.2, 0) is 32.2 Å². The number of hydrogen-bond acceptors (Lipinski definition) is 6. The van der Waals surface area contributed by atoms with Crippen LogP contribution in [0.5, 0.6) is 5.75 Å². The first-order chi connectivity index (χ1) is 18.2. The number of nitrogens with one attached hydrogen (secondary N) is 1. The second-order valence-electron chi connectivity index (χ2n) is 8.84. The van der Waals surface area contributed by atoms with E-state index in [1.807, 2.05) is 30.3 Å². The summed E-state index contributed by atoms with van der Waals surface area (Å²) in [4.78, 5) is 51.3. The van der Waals surface area contributed by atoms with Gasteiger partial charge in [0, 0.05) is 19.8 Å². The van der Waals surface area contributed by atoms with Gasteiger partial charge in [-0.05, 0) is 65.3 Å². The first kappa shape index (κ1) is 28.1. The second kappa shape index (κ2) is 13.7. The molecule has 3 rings (SSSR count). The molecule has 0 aliphatic heterocycles. The zero-order valence-electron chi connectivity index (χ0n) is 20.9. The highest BCUT2D eigenvalue weighted by Gasteiger charge is 2.17. The second-order valence-corrected chi connectivity index (χ2v) is 8.84. The minimum atomic E-state index is -1.01. The van der Waals surface area contributed by atoms with Gasteiger partial charge in [0.15, 0.2) is 0 Å². The van der Waals surface area contributed by atoms with Crippen LogP contribution in [0.2, 0.25) is 0 Å². The predicted octanol–water partition coefficient (Wildman–Crippen LogP) is 4.64. The van der Waals surface area contributed by atoms with Crippen molar-refractivity contribution >= 4 is 23.8 Å². The molecular weight excluding hydrogens is 490 g/mol. The molecule has 9 heteroatoms. The third-order valence-electron chi connectivity index (χ3n) is 5.75. The Bertz CT molecular complexity index is 1290. The van der Waals surface area contributed by atoms with E-state index in [0.717, 1.165) is 22.3 Å². The number of carbonyl (C=O) groups is 4. The Morgan fingerprint density at radius 2 is 1.55 bits per heavy atom. The molecule has 0 aliphatic rings. The van der Waals surface area contributed by atoms with Crippen molar-refractivity contribution in [2.45, 2.75) is 39.2 Å². The third kappa shape index (κ3) is 9.18. The molecule has 0 radical (unpaired) electrons. The number of hydroxylamine groups is 1. The summed E-state index contributed by atoms with van der Waals surface area (Å²) in [6.07, 6.45) is 0.782. The van der Waals surface area contributed by atoms with Gasteiger partial charge in [-0.15, -0.1) is 0 Å². The molecule has 0 saturated carbocycles. The zero-order chi connectivity index (χ0) is 27.5. The number of hydrogen-bond donors (Lipinski definition) is 3. The fourth-order valence-corrected chi connectivity index (χ4v) is 3.97. The van der Waals surface area contributed by atoms with Crippen LogP contribution in [0.3, 0.4) is 0 Å². The Kier molecular flexibility index (Phi) is 10.1. The van der Waals surface area contributed by atoms with Gasteiger partial charge in [-0.1, -0.05) is 48.5 Å². The zero-order valence-corrected chi connectivity index (χ0v) is 20.9. The Morgan fingerprint density at radius 3 is 2.21 bits per heavy atom. The van der Waals surface area contributed by atoms with Gasteiger partial charge in [-0.3, -0.25) is 19.2 Å². The van der Waals surface area contributed by atoms with E-state index < -0.39 is 17.9 Å². The molecule has 0 aromatic heterocycles. The molecule has 9 nitrogen and oxygen atoms in total. The summed E-state index contributed by atoms with van der Waals surface area (Å²) < 4.78 is 4.97. The van der Waals surface area contributed by atoms with Gasteiger partial charge < -0.3 is 14.9 Å². The van der Waals surface area contributed by atoms with Gasteiger partial charge in [-0.2, -0.15) is 0 Å². The van der Waals surface area contributed by atoms with Gasteiger partial charge in [-0.25, -0.2) is 10.3 Å². The number of esters is 1. The summed E-state index contributed by atoms with van der Waals surface area (Å²) in [6, 6.07) is 20.8. The molecule has 0 fully saturated rings. The van der Waals surface area contributed by atoms with E-state index in [9.17, 15) is 29.4 Å². The quantitative estimate of drug-likeness (QED) is 0.169. The molecule has 0 aliphatic carbocycles. The number of aromatic carboxylic acids is 1. The number of carbonyl (C=O) groups excluding carboxylic acids is 2. The first-order valence-corrected chi connectivity index (χ1v) is 12.0. The standard InChI is InChI=1S/C29H29NO8/c1-19(31)38-26-11-8-20(9-12-26)18-37-30-27(32)13-10-22(16-28(33)34)14-21-4-2-5-23(15-21)24-6-3-7-25(17-24)29(35)36/h2-9,11-12,15,17,22H,10,13-14,16,18H2,1H3,(H,30,32)(H,33,34)(H,35,36). The maximum absolute atomic E-state index is 12.3. The predicted molar refractivity (Wildman–Crippen MR) is 138 cm³/mol. The highest BCUT2D eigenvalue weighted by molar-refractivity contribution is 5.89. The van der Waals surface area contributed by atoms with Crippen LogP contribution in [-0.4, -0.2) is 34.0 Å². The van der Waals surface area contributed by atoms with E-state index in [0.29, 0.717) is 18.6 Å². The van der Waals surface area contributed by atoms with Crippen LogP contribution in [0.15, 0.2) is 72.8 Å². The molecule has 198 valence electrons. The molecule has 1 amide bonds. The Labute approximate surface area is 220 Å². The summed E-state index contributed by atoms with van der Waals surface area (Å²) in [6.45, 7) is 1.42. The molecule has 3 N–H and O–H groups in total. The van der Waals surface area contributed by atoms with E-state index in [-0.39, 0.29) is 36.8 Å². The Balaban J connectivity index is 1.53. The number of rotatable bonds is 13. The van der Waals surface area contributed by atoms with Crippen molar-refractivity contribution in [3.63, 3.8) is 0 Å². The summed E-state index contributed by atoms with van der Waals surface area (Å²) in [5.74, 6) is -2.61. The maximum atomic E-state index is 12.3. The Hall–Kier alpha value is -4.50. The van der Waals surface area contributed by atoms with Gasteiger partial charge in [0.2, 0.25) is 5.91 Å².